The number of hydrogen-bond acceptors (Lipinski definition) is 5. The zero-order valence-electron chi connectivity index (χ0n) is 18.6. The van der Waals surface area contributed by atoms with Crippen molar-refractivity contribution in [1.29, 1.82) is 0 Å². The van der Waals surface area contributed by atoms with Gasteiger partial charge in [-0.3, -0.25) is 4.79 Å². The molecule has 0 saturated carbocycles. The standard InChI is InChI=1S/C24H20ClF3N4O3/c1-13-9-31(12-29-13)20-4-3-16(8-22(20)35-2)30-19-7-15(25)10-32(24(19)34)21(11-33)14-5-17(26)23(28)18(27)6-14/h3-10,12,21,30,33H,11H2,1-2H3. The van der Waals surface area contributed by atoms with Gasteiger partial charge >= 0.3 is 0 Å². The number of aryl methyl sites for hydroxylation is 1. The first-order valence-electron chi connectivity index (χ1n) is 10.3. The van der Waals surface area contributed by atoms with Gasteiger partial charge in [-0.1, -0.05) is 11.6 Å². The van der Waals surface area contributed by atoms with Gasteiger partial charge in [0.25, 0.3) is 5.56 Å². The van der Waals surface area contributed by atoms with E-state index in [0.717, 1.165) is 28.1 Å². The Bertz CT molecular complexity index is 1430. The number of halogens is 4. The lowest BCUT2D eigenvalue weighted by atomic mass is 10.1. The number of aliphatic hydroxyl groups is 1. The number of hydrogen-bond donors (Lipinski definition) is 2. The Hall–Kier alpha value is -3.76. The van der Waals surface area contributed by atoms with Crippen LogP contribution in [0.3, 0.4) is 0 Å². The largest absolute Gasteiger partial charge is 0.494 e. The minimum Gasteiger partial charge on any atom is -0.494 e. The molecule has 4 rings (SSSR count). The minimum absolute atomic E-state index is 0.0345. The maximum atomic E-state index is 13.8. The van der Waals surface area contributed by atoms with Crippen LogP contribution < -0.4 is 15.6 Å². The number of benzene rings is 2. The predicted molar refractivity (Wildman–Crippen MR) is 125 cm³/mol. The molecule has 182 valence electrons. The average Bonchev–Trinajstić information content (AvgIpc) is 3.26. The molecule has 2 N–H and O–H groups in total. The van der Waals surface area contributed by atoms with Crippen molar-refractivity contribution in [3.8, 4) is 11.4 Å². The number of ether oxygens (including phenoxy) is 1. The predicted octanol–water partition coefficient (Wildman–Crippen LogP) is 4.75. The Morgan fingerprint density at radius 1 is 1.14 bits per heavy atom. The van der Waals surface area contributed by atoms with E-state index >= 15 is 0 Å². The zero-order valence-corrected chi connectivity index (χ0v) is 19.4. The first kappa shape index (κ1) is 24.4. The number of nitrogens with zero attached hydrogens (tertiary/aromatic N) is 3. The number of anilines is 2. The summed E-state index contributed by atoms with van der Waals surface area (Å²) in [5, 5.41) is 13.0. The van der Waals surface area contributed by atoms with Gasteiger partial charge in [0.15, 0.2) is 17.5 Å². The molecule has 7 nitrogen and oxygen atoms in total. The summed E-state index contributed by atoms with van der Waals surface area (Å²) in [6.07, 6.45) is 4.70. The topological polar surface area (TPSA) is 81.3 Å². The van der Waals surface area contributed by atoms with Crippen molar-refractivity contribution in [2.24, 2.45) is 0 Å². The van der Waals surface area contributed by atoms with Crippen LogP contribution >= 0.6 is 11.6 Å². The van der Waals surface area contributed by atoms with E-state index < -0.39 is 35.7 Å². The fourth-order valence-electron chi connectivity index (χ4n) is 3.69. The van der Waals surface area contributed by atoms with Crippen LogP contribution in [0.1, 0.15) is 17.3 Å². The Morgan fingerprint density at radius 2 is 1.86 bits per heavy atom. The molecular weight excluding hydrogens is 485 g/mol. The lowest BCUT2D eigenvalue weighted by molar-refractivity contribution is 0.246. The molecular formula is C24H20ClF3N4O3. The molecule has 0 spiro atoms. The number of pyridine rings is 1. The lowest BCUT2D eigenvalue weighted by Crippen LogP contribution is -2.29. The van der Waals surface area contributed by atoms with Crippen molar-refractivity contribution in [2.75, 3.05) is 19.0 Å². The fraction of sp³-hybridized carbons (Fsp3) is 0.167. The normalized spacial score (nSPS) is 12.0. The molecule has 35 heavy (non-hydrogen) atoms. The highest BCUT2D eigenvalue weighted by Crippen LogP contribution is 2.29. The number of aliphatic hydroxyl groups excluding tert-OH is 1. The summed E-state index contributed by atoms with van der Waals surface area (Å²) in [6, 6.07) is 6.76. The highest BCUT2D eigenvalue weighted by atomic mass is 35.5. The van der Waals surface area contributed by atoms with E-state index in [1.807, 2.05) is 13.1 Å². The summed E-state index contributed by atoms with van der Waals surface area (Å²) in [7, 11) is 1.51. The third-order valence-corrected chi connectivity index (χ3v) is 5.56. The van der Waals surface area contributed by atoms with Crippen molar-refractivity contribution in [1.82, 2.24) is 14.1 Å². The maximum Gasteiger partial charge on any atom is 0.274 e. The molecule has 2 heterocycles. The first-order valence-corrected chi connectivity index (χ1v) is 10.7. The van der Waals surface area contributed by atoms with Crippen molar-refractivity contribution in [2.45, 2.75) is 13.0 Å². The highest BCUT2D eigenvalue weighted by molar-refractivity contribution is 6.30. The Morgan fingerprint density at radius 3 is 2.46 bits per heavy atom. The van der Waals surface area contributed by atoms with Gasteiger partial charge in [0.05, 0.1) is 42.5 Å². The second kappa shape index (κ2) is 9.85. The van der Waals surface area contributed by atoms with Gasteiger partial charge in [-0.05, 0) is 42.8 Å². The lowest BCUT2D eigenvalue weighted by Gasteiger charge is -2.20. The van der Waals surface area contributed by atoms with Gasteiger partial charge in [0, 0.05) is 24.1 Å². The molecule has 2 aromatic heterocycles. The highest BCUT2D eigenvalue weighted by Gasteiger charge is 2.21. The fourth-order valence-corrected chi connectivity index (χ4v) is 3.90. The Balaban J connectivity index is 1.72. The summed E-state index contributed by atoms with van der Waals surface area (Å²) < 4.78 is 49.3. The van der Waals surface area contributed by atoms with Gasteiger partial charge < -0.3 is 24.3 Å². The maximum absolute atomic E-state index is 13.8. The average molecular weight is 505 g/mol. The third kappa shape index (κ3) is 4.89. The van der Waals surface area contributed by atoms with E-state index in [1.165, 1.54) is 19.4 Å². The minimum atomic E-state index is -1.64. The van der Waals surface area contributed by atoms with E-state index in [-0.39, 0.29) is 16.3 Å². The van der Waals surface area contributed by atoms with E-state index in [4.69, 9.17) is 16.3 Å². The van der Waals surface area contributed by atoms with E-state index in [0.29, 0.717) is 11.4 Å². The first-order chi connectivity index (χ1) is 16.7. The van der Waals surface area contributed by atoms with Crippen LogP contribution in [0.15, 0.2) is 59.9 Å². The molecule has 0 aliphatic heterocycles. The van der Waals surface area contributed by atoms with Gasteiger partial charge in [0.2, 0.25) is 0 Å². The van der Waals surface area contributed by atoms with Crippen LogP contribution in [-0.2, 0) is 0 Å². The van der Waals surface area contributed by atoms with Crippen molar-refractivity contribution < 1.29 is 23.0 Å². The van der Waals surface area contributed by atoms with Crippen LogP contribution in [0, 0.1) is 24.4 Å². The van der Waals surface area contributed by atoms with Crippen molar-refractivity contribution in [3.05, 3.63) is 99.2 Å². The molecule has 11 heteroatoms. The zero-order chi connectivity index (χ0) is 25.3. The SMILES string of the molecule is COc1cc(Nc2cc(Cl)cn(C(CO)c3cc(F)c(F)c(F)c3)c2=O)ccc1-n1cnc(C)c1. The summed E-state index contributed by atoms with van der Waals surface area (Å²) in [5.74, 6) is -4.02. The van der Waals surface area contributed by atoms with Gasteiger partial charge in [-0.25, -0.2) is 18.2 Å². The quantitative estimate of drug-likeness (QED) is 0.355. The molecule has 0 aliphatic carbocycles. The number of methoxy groups -OCH3 is 1. The molecule has 1 unspecified atom stereocenters. The summed E-state index contributed by atoms with van der Waals surface area (Å²) in [5.41, 5.74) is 1.31. The van der Waals surface area contributed by atoms with Gasteiger partial charge in [-0.15, -0.1) is 0 Å². The number of nitrogens with one attached hydrogen (secondary N) is 1. The van der Waals surface area contributed by atoms with Gasteiger partial charge in [-0.2, -0.15) is 0 Å². The molecule has 0 radical (unpaired) electrons. The Labute approximate surface area is 203 Å². The summed E-state index contributed by atoms with van der Waals surface area (Å²) in [4.78, 5) is 17.4. The second-order valence-corrected chi connectivity index (χ2v) is 8.15. The molecule has 0 saturated heterocycles. The number of aromatic nitrogens is 3. The smallest absolute Gasteiger partial charge is 0.274 e. The molecule has 2 aromatic carbocycles. The molecule has 0 bridgehead atoms. The molecule has 1 atom stereocenters. The second-order valence-electron chi connectivity index (χ2n) is 7.72. The van der Waals surface area contributed by atoms with E-state index in [9.17, 15) is 23.1 Å². The molecule has 4 aromatic rings. The van der Waals surface area contributed by atoms with Crippen molar-refractivity contribution >= 4 is 23.0 Å². The molecule has 0 fully saturated rings. The van der Waals surface area contributed by atoms with Crippen LogP contribution in [0.5, 0.6) is 5.75 Å². The van der Waals surface area contributed by atoms with Crippen LogP contribution in [0.4, 0.5) is 24.5 Å². The number of rotatable bonds is 7. The van der Waals surface area contributed by atoms with Crippen LogP contribution in [0.2, 0.25) is 5.02 Å². The number of imidazole rings is 1. The van der Waals surface area contributed by atoms with Crippen molar-refractivity contribution in [3.63, 3.8) is 0 Å². The van der Waals surface area contributed by atoms with E-state index in [1.54, 1.807) is 29.1 Å². The van der Waals surface area contributed by atoms with Gasteiger partial charge in [0.1, 0.15) is 11.4 Å². The Kier molecular flexibility index (Phi) is 6.86. The molecule has 0 aliphatic rings. The summed E-state index contributed by atoms with van der Waals surface area (Å²) >= 11 is 6.21. The monoisotopic (exact) mass is 504 g/mol. The van der Waals surface area contributed by atoms with Crippen LogP contribution in [0.25, 0.3) is 5.69 Å². The summed E-state index contributed by atoms with van der Waals surface area (Å²) in [6.45, 7) is 1.16. The third-order valence-electron chi connectivity index (χ3n) is 5.36. The molecule has 0 amide bonds. The van der Waals surface area contributed by atoms with E-state index in [2.05, 4.69) is 10.3 Å². The van der Waals surface area contributed by atoms with Crippen LogP contribution in [-0.4, -0.2) is 32.9 Å².